The molecule has 1 fully saturated rings. The molecule has 1 amide bonds. The molecule has 5 nitrogen and oxygen atoms in total. The first kappa shape index (κ1) is 15.7. The van der Waals surface area contributed by atoms with Gasteiger partial charge in [-0.15, -0.1) is 0 Å². The summed E-state index contributed by atoms with van der Waals surface area (Å²) >= 11 is 0. The van der Waals surface area contributed by atoms with E-state index in [4.69, 9.17) is 9.84 Å². The van der Waals surface area contributed by atoms with Crippen molar-refractivity contribution >= 4 is 11.9 Å². The predicted octanol–water partition coefficient (Wildman–Crippen LogP) is 1.69. The highest BCUT2D eigenvalue weighted by molar-refractivity contribution is 5.90. The van der Waals surface area contributed by atoms with Crippen LogP contribution in [0.15, 0.2) is 23.8 Å². The zero-order valence-corrected chi connectivity index (χ0v) is 12.0. The quantitative estimate of drug-likeness (QED) is 0.838. The summed E-state index contributed by atoms with van der Waals surface area (Å²) in [4.78, 5) is 24.1. The minimum Gasteiger partial charge on any atom is -0.478 e. The van der Waals surface area contributed by atoms with E-state index in [-0.39, 0.29) is 36.8 Å². The fourth-order valence-electron chi connectivity index (χ4n) is 2.64. The molecule has 0 aromatic rings. The molecule has 1 heterocycles. The molecule has 0 bridgehead atoms. The Balaban J connectivity index is 1.85. The number of carbonyl (C=O) groups excluding carboxylic acids is 1. The number of aliphatic carboxylic acids is 1. The molecule has 1 saturated heterocycles. The second-order valence-electron chi connectivity index (χ2n) is 5.32. The molecule has 0 saturated carbocycles. The van der Waals surface area contributed by atoms with Gasteiger partial charge in [-0.1, -0.05) is 19.1 Å². The molecule has 6 heteroatoms. The third-order valence-corrected chi connectivity index (χ3v) is 3.80. The number of carboxylic acid groups (broad SMARTS) is 1. The number of halogens is 1. The van der Waals surface area contributed by atoms with Gasteiger partial charge in [0.05, 0.1) is 30.9 Å². The predicted molar refractivity (Wildman–Crippen MR) is 74.5 cm³/mol. The van der Waals surface area contributed by atoms with E-state index in [1.165, 1.54) is 6.08 Å². The Morgan fingerprint density at radius 2 is 2.29 bits per heavy atom. The van der Waals surface area contributed by atoms with Crippen molar-refractivity contribution in [2.45, 2.75) is 44.5 Å². The van der Waals surface area contributed by atoms with E-state index in [0.717, 1.165) is 0 Å². The molecule has 2 aliphatic rings. The molecular formula is C15H20FNO4. The van der Waals surface area contributed by atoms with Crippen LogP contribution in [0.5, 0.6) is 0 Å². The van der Waals surface area contributed by atoms with Crippen LogP contribution in [0, 0.1) is 0 Å². The van der Waals surface area contributed by atoms with E-state index in [1.807, 2.05) is 0 Å². The van der Waals surface area contributed by atoms with Gasteiger partial charge in [0.2, 0.25) is 5.91 Å². The fraction of sp³-hybridized carbons (Fsp3) is 0.600. The minimum absolute atomic E-state index is 0.0593. The number of likely N-dealkylation sites (tertiary alicyclic amines) is 1. The molecule has 3 atom stereocenters. The van der Waals surface area contributed by atoms with Gasteiger partial charge in [-0.3, -0.25) is 4.79 Å². The van der Waals surface area contributed by atoms with Gasteiger partial charge in [0.1, 0.15) is 6.17 Å². The van der Waals surface area contributed by atoms with Gasteiger partial charge < -0.3 is 14.7 Å². The van der Waals surface area contributed by atoms with Gasteiger partial charge in [-0.25, -0.2) is 9.18 Å². The monoisotopic (exact) mass is 297 g/mol. The highest BCUT2D eigenvalue weighted by atomic mass is 19.1. The summed E-state index contributed by atoms with van der Waals surface area (Å²) in [5.41, 5.74) is 0.252. The van der Waals surface area contributed by atoms with Crippen LogP contribution in [-0.2, 0) is 14.3 Å². The molecule has 116 valence electrons. The Morgan fingerprint density at radius 3 is 2.86 bits per heavy atom. The normalized spacial score (nSPS) is 28.6. The largest absolute Gasteiger partial charge is 0.478 e. The van der Waals surface area contributed by atoms with Crippen LogP contribution in [0.25, 0.3) is 0 Å². The topological polar surface area (TPSA) is 66.8 Å². The summed E-state index contributed by atoms with van der Waals surface area (Å²) in [5.74, 6) is -1.02. The van der Waals surface area contributed by atoms with Crippen LogP contribution in [0.3, 0.4) is 0 Å². The summed E-state index contributed by atoms with van der Waals surface area (Å²) in [6.45, 7) is 2.18. The number of rotatable bonds is 5. The van der Waals surface area contributed by atoms with Crippen LogP contribution >= 0.6 is 0 Å². The van der Waals surface area contributed by atoms with Gasteiger partial charge in [0.25, 0.3) is 0 Å². The van der Waals surface area contributed by atoms with Gasteiger partial charge in [0.15, 0.2) is 0 Å². The van der Waals surface area contributed by atoms with Crippen molar-refractivity contribution in [3.8, 4) is 0 Å². The molecule has 2 rings (SSSR count). The highest BCUT2D eigenvalue weighted by Crippen LogP contribution is 2.23. The summed E-state index contributed by atoms with van der Waals surface area (Å²) in [6.07, 6.45) is 4.74. The first-order valence-electron chi connectivity index (χ1n) is 7.18. The van der Waals surface area contributed by atoms with Crippen LogP contribution in [0.2, 0.25) is 0 Å². The van der Waals surface area contributed by atoms with Crippen molar-refractivity contribution in [2.75, 3.05) is 13.2 Å². The molecule has 0 aromatic heterocycles. The van der Waals surface area contributed by atoms with Crippen molar-refractivity contribution in [3.63, 3.8) is 0 Å². The van der Waals surface area contributed by atoms with E-state index < -0.39 is 12.1 Å². The average molecular weight is 297 g/mol. The van der Waals surface area contributed by atoms with Crippen molar-refractivity contribution in [2.24, 2.45) is 0 Å². The molecule has 1 N–H and O–H groups in total. The number of carbonyl (C=O) groups is 2. The maximum Gasteiger partial charge on any atom is 0.335 e. The van der Waals surface area contributed by atoms with Gasteiger partial charge >= 0.3 is 5.97 Å². The fourth-order valence-corrected chi connectivity index (χ4v) is 2.64. The smallest absolute Gasteiger partial charge is 0.335 e. The minimum atomic E-state index is -0.991. The number of carboxylic acids is 1. The van der Waals surface area contributed by atoms with E-state index in [9.17, 15) is 14.0 Å². The highest BCUT2D eigenvalue weighted by Gasteiger charge is 2.35. The maximum atomic E-state index is 13.5. The molecule has 1 aliphatic carbocycles. The standard InChI is InChI=1S/C15H20FNO4/c1-2-14(18)17-8-11(16)7-12(17)9-21-13-5-3-10(4-6-13)15(19)20/h3-5,11-13H,2,6-9H2,1H3,(H,19,20)/t11-,12-,13?/m0/s1. The van der Waals surface area contributed by atoms with Crippen LogP contribution in [0.1, 0.15) is 26.2 Å². The molecule has 1 aliphatic heterocycles. The molecule has 0 radical (unpaired) electrons. The number of nitrogens with zero attached hydrogens (tertiary/aromatic N) is 1. The zero-order chi connectivity index (χ0) is 15.4. The Hall–Kier alpha value is -1.69. The summed E-state index contributed by atoms with van der Waals surface area (Å²) in [7, 11) is 0. The van der Waals surface area contributed by atoms with E-state index >= 15 is 0 Å². The summed E-state index contributed by atoms with van der Waals surface area (Å²) in [5, 5.41) is 8.83. The summed E-state index contributed by atoms with van der Waals surface area (Å²) < 4.78 is 19.2. The zero-order valence-electron chi connectivity index (χ0n) is 12.0. The van der Waals surface area contributed by atoms with E-state index in [2.05, 4.69) is 0 Å². The van der Waals surface area contributed by atoms with Gasteiger partial charge in [0, 0.05) is 12.8 Å². The Kier molecular flexibility index (Phi) is 5.12. The lowest BCUT2D eigenvalue weighted by atomic mass is 10.1. The second-order valence-corrected chi connectivity index (χ2v) is 5.32. The average Bonchev–Trinajstić information content (AvgIpc) is 2.85. The molecular weight excluding hydrogens is 277 g/mol. The lowest BCUT2D eigenvalue weighted by Gasteiger charge is -2.25. The lowest BCUT2D eigenvalue weighted by molar-refractivity contribution is -0.133. The number of alkyl halides is 1. The van der Waals surface area contributed by atoms with Crippen molar-refractivity contribution < 1.29 is 23.8 Å². The third kappa shape index (κ3) is 3.91. The number of amides is 1. The van der Waals surface area contributed by atoms with Crippen LogP contribution in [-0.4, -0.2) is 53.4 Å². The van der Waals surface area contributed by atoms with Crippen molar-refractivity contribution in [3.05, 3.63) is 23.8 Å². The molecule has 1 unspecified atom stereocenters. The lowest BCUT2D eigenvalue weighted by Crippen LogP contribution is -2.38. The van der Waals surface area contributed by atoms with Crippen molar-refractivity contribution in [1.29, 1.82) is 0 Å². The van der Waals surface area contributed by atoms with Crippen LogP contribution < -0.4 is 0 Å². The Bertz CT molecular complexity index is 474. The Labute approximate surface area is 123 Å². The third-order valence-electron chi connectivity index (χ3n) is 3.80. The maximum absolute atomic E-state index is 13.5. The first-order chi connectivity index (χ1) is 10.0. The summed E-state index contributed by atoms with van der Waals surface area (Å²) in [6, 6.07) is -0.231. The molecule has 21 heavy (non-hydrogen) atoms. The second kappa shape index (κ2) is 6.85. The Morgan fingerprint density at radius 1 is 1.52 bits per heavy atom. The SMILES string of the molecule is CCC(=O)N1C[C@@H](F)C[C@H]1COC1C=CC(C(=O)O)=CC1. The van der Waals surface area contributed by atoms with Crippen molar-refractivity contribution in [1.82, 2.24) is 4.90 Å². The van der Waals surface area contributed by atoms with Crippen LogP contribution in [0.4, 0.5) is 4.39 Å². The first-order valence-corrected chi connectivity index (χ1v) is 7.18. The van der Waals surface area contributed by atoms with Gasteiger partial charge in [-0.2, -0.15) is 0 Å². The number of hydrogen-bond donors (Lipinski definition) is 1. The van der Waals surface area contributed by atoms with E-state index in [1.54, 1.807) is 24.0 Å². The molecule has 0 aromatic carbocycles. The number of ether oxygens (including phenoxy) is 1. The molecule has 0 spiro atoms. The number of hydrogen-bond acceptors (Lipinski definition) is 3. The van der Waals surface area contributed by atoms with Gasteiger partial charge in [-0.05, 0) is 12.5 Å². The van der Waals surface area contributed by atoms with E-state index in [0.29, 0.717) is 19.3 Å².